The van der Waals surface area contributed by atoms with Crippen molar-refractivity contribution in [1.29, 1.82) is 0 Å². The lowest BCUT2D eigenvalue weighted by atomic mass is 10.1. The van der Waals surface area contributed by atoms with Crippen LogP contribution in [0.25, 0.3) is 10.4 Å². The molecule has 9 heteroatoms. The summed E-state index contributed by atoms with van der Waals surface area (Å²) in [6, 6.07) is 7.22. The second kappa shape index (κ2) is 11.4. The summed E-state index contributed by atoms with van der Waals surface area (Å²) in [5, 5.41) is 10.6. The summed E-state index contributed by atoms with van der Waals surface area (Å²) in [4.78, 5) is 25.8. The largest absolute Gasteiger partial charge is 0.469 e. The van der Waals surface area contributed by atoms with Gasteiger partial charge in [-0.1, -0.05) is 42.2 Å². The van der Waals surface area contributed by atoms with E-state index < -0.39 is 0 Å². The van der Waals surface area contributed by atoms with Crippen LogP contribution in [0.3, 0.4) is 0 Å². The molecule has 1 amide bonds. The fourth-order valence-corrected chi connectivity index (χ4v) is 2.66. The van der Waals surface area contributed by atoms with Crippen molar-refractivity contribution in [1.82, 2.24) is 9.78 Å². The number of rotatable bonds is 11. The smallest absolute Gasteiger partial charge is 0.305 e. The van der Waals surface area contributed by atoms with Gasteiger partial charge < -0.3 is 10.1 Å². The van der Waals surface area contributed by atoms with Crippen molar-refractivity contribution in [2.75, 3.05) is 12.4 Å². The average Bonchev–Trinajstić information content (AvgIpc) is 3.12. The lowest BCUT2D eigenvalue weighted by molar-refractivity contribution is -0.140. The number of methoxy groups -OCH3 is 1. The molecule has 0 unspecified atom stereocenters. The molecule has 0 saturated heterocycles. The molecule has 0 fully saturated rings. The number of hydrogen-bond acceptors (Lipinski definition) is 5. The van der Waals surface area contributed by atoms with Gasteiger partial charge in [-0.25, -0.2) is 0 Å². The van der Waals surface area contributed by atoms with E-state index in [4.69, 9.17) is 5.53 Å². The van der Waals surface area contributed by atoms with Crippen molar-refractivity contribution in [3.05, 3.63) is 52.7 Å². The fraction of sp³-hybridized carbons (Fsp3) is 0.421. The Bertz CT molecular complexity index is 824. The molecule has 0 aliphatic rings. The number of nitrogens with zero attached hydrogens (tertiary/aromatic N) is 5. The molecule has 0 bridgehead atoms. The molecule has 1 aromatic heterocycles. The number of ether oxygens (including phenoxy) is 1. The zero-order valence-electron chi connectivity index (χ0n) is 15.9. The van der Waals surface area contributed by atoms with Crippen molar-refractivity contribution in [3.63, 3.8) is 0 Å². The van der Waals surface area contributed by atoms with E-state index in [1.54, 1.807) is 29.2 Å². The number of carbonyl (C=O) groups excluding carboxylic acids is 2. The van der Waals surface area contributed by atoms with Gasteiger partial charge in [-0.2, -0.15) is 5.10 Å². The highest BCUT2D eigenvalue weighted by Gasteiger charge is 2.06. The first kappa shape index (κ1) is 21.0. The lowest BCUT2D eigenvalue weighted by Crippen LogP contribution is -2.10. The molecule has 28 heavy (non-hydrogen) atoms. The topological polar surface area (TPSA) is 122 Å². The van der Waals surface area contributed by atoms with Crippen molar-refractivity contribution in [2.24, 2.45) is 5.11 Å². The first-order chi connectivity index (χ1) is 13.6. The molecule has 148 valence electrons. The Labute approximate surface area is 163 Å². The van der Waals surface area contributed by atoms with Crippen molar-refractivity contribution >= 4 is 23.3 Å². The molecule has 0 spiro atoms. The monoisotopic (exact) mass is 384 g/mol. The van der Waals surface area contributed by atoms with Gasteiger partial charge in [0.25, 0.3) is 0 Å². The summed E-state index contributed by atoms with van der Waals surface area (Å²) in [5.41, 5.74) is 10.6. The number of hydrogen-bond donors (Lipinski definition) is 1. The zero-order valence-corrected chi connectivity index (χ0v) is 15.9. The van der Waals surface area contributed by atoms with E-state index in [0.717, 1.165) is 31.2 Å². The van der Waals surface area contributed by atoms with E-state index in [-0.39, 0.29) is 11.9 Å². The van der Waals surface area contributed by atoms with Gasteiger partial charge in [0.15, 0.2) is 0 Å². The highest BCUT2D eigenvalue weighted by atomic mass is 16.5. The summed E-state index contributed by atoms with van der Waals surface area (Å²) in [6.45, 7) is 0.548. The molecule has 0 saturated carbocycles. The molecule has 0 radical (unpaired) electrons. The maximum atomic E-state index is 12.0. The third-order valence-corrected chi connectivity index (χ3v) is 4.12. The van der Waals surface area contributed by atoms with Gasteiger partial charge in [0.05, 0.1) is 25.5 Å². The molecule has 0 aliphatic carbocycles. The van der Waals surface area contributed by atoms with Crippen molar-refractivity contribution < 1.29 is 14.3 Å². The first-order valence-corrected chi connectivity index (χ1v) is 9.14. The second-order valence-corrected chi connectivity index (χ2v) is 6.32. The van der Waals surface area contributed by atoms with Gasteiger partial charge in [-0.05, 0) is 23.9 Å². The minimum atomic E-state index is -0.193. The molecule has 2 aromatic rings. The summed E-state index contributed by atoms with van der Waals surface area (Å²) < 4.78 is 6.31. The van der Waals surface area contributed by atoms with Crippen LogP contribution in [-0.2, 0) is 20.9 Å². The summed E-state index contributed by atoms with van der Waals surface area (Å²) in [7, 11) is 1.39. The summed E-state index contributed by atoms with van der Waals surface area (Å²) >= 11 is 0. The van der Waals surface area contributed by atoms with Crippen LogP contribution in [0.2, 0.25) is 0 Å². The number of unbranched alkanes of at least 4 members (excludes halogenated alkanes) is 3. The Kier molecular flexibility index (Phi) is 8.55. The predicted octanol–water partition coefficient (Wildman–Crippen LogP) is 4.33. The molecule has 1 heterocycles. The lowest BCUT2D eigenvalue weighted by Gasteiger charge is -2.04. The van der Waals surface area contributed by atoms with E-state index in [0.29, 0.717) is 30.8 Å². The van der Waals surface area contributed by atoms with Crippen molar-refractivity contribution in [2.45, 2.75) is 45.1 Å². The molecule has 0 aliphatic heterocycles. The molecule has 1 aromatic carbocycles. The van der Waals surface area contributed by atoms with E-state index in [2.05, 4.69) is 25.2 Å². The normalized spacial score (nSPS) is 10.2. The number of aromatic nitrogens is 2. The van der Waals surface area contributed by atoms with Crippen LogP contribution in [0.1, 0.15) is 44.1 Å². The van der Waals surface area contributed by atoms with Gasteiger partial charge in [0, 0.05) is 29.6 Å². The number of benzene rings is 1. The van der Waals surface area contributed by atoms with E-state index in [1.165, 1.54) is 7.11 Å². The minimum Gasteiger partial charge on any atom is -0.469 e. The maximum absolute atomic E-state index is 12.0. The van der Waals surface area contributed by atoms with Crippen LogP contribution in [0, 0.1) is 0 Å². The number of anilines is 1. The standard InChI is InChI=1S/C19H24N6O3/c1-28-19(27)7-5-3-2-4-6-18(26)22-17-12-21-25(14-17)13-15-8-10-16(11-9-15)23-24-20/h8-12,14H,2-7,13H2,1H3,(H,22,26). The maximum Gasteiger partial charge on any atom is 0.305 e. The summed E-state index contributed by atoms with van der Waals surface area (Å²) in [5.74, 6) is -0.243. The average molecular weight is 384 g/mol. The number of amides is 1. The molecular formula is C19H24N6O3. The fourth-order valence-electron chi connectivity index (χ4n) is 2.66. The van der Waals surface area contributed by atoms with Crippen molar-refractivity contribution in [3.8, 4) is 0 Å². The number of azide groups is 1. The first-order valence-electron chi connectivity index (χ1n) is 9.14. The number of esters is 1. The van der Waals surface area contributed by atoms with Crippen LogP contribution in [0.4, 0.5) is 11.4 Å². The Morgan fingerprint density at radius 3 is 2.57 bits per heavy atom. The van der Waals surface area contributed by atoms with E-state index in [9.17, 15) is 9.59 Å². The van der Waals surface area contributed by atoms with Crippen LogP contribution in [0.5, 0.6) is 0 Å². The van der Waals surface area contributed by atoms with Gasteiger partial charge in [0.1, 0.15) is 0 Å². The number of nitrogens with one attached hydrogen (secondary N) is 1. The van der Waals surface area contributed by atoms with Crippen LogP contribution >= 0.6 is 0 Å². The van der Waals surface area contributed by atoms with Gasteiger partial charge >= 0.3 is 5.97 Å². The van der Waals surface area contributed by atoms with Gasteiger partial charge in [-0.3, -0.25) is 14.3 Å². The van der Waals surface area contributed by atoms with E-state index >= 15 is 0 Å². The minimum absolute atomic E-state index is 0.0498. The molecule has 9 nitrogen and oxygen atoms in total. The third kappa shape index (κ3) is 7.51. The van der Waals surface area contributed by atoms with Gasteiger partial charge in [0.2, 0.25) is 5.91 Å². The third-order valence-electron chi connectivity index (χ3n) is 4.12. The highest BCUT2D eigenvalue weighted by molar-refractivity contribution is 5.90. The quantitative estimate of drug-likeness (QED) is 0.204. The highest BCUT2D eigenvalue weighted by Crippen LogP contribution is 2.15. The number of carbonyl (C=O) groups is 2. The summed E-state index contributed by atoms with van der Waals surface area (Å²) in [6.07, 6.45) is 7.61. The predicted molar refractivity (Wildman–Crippen MR) is 105 cm³/mol. The SMILES string of the molecule is COC(=O)CCCCCCC(=O)Nc1cnn(Cc2ccc(N=[N+]=[N-])cc2)c1. The molecular weight excluding hydrogens is 360 g/mol. The Morgan fingerprint density at radius 2 is 1.89 bits per heavy atom. The van der Waals surface area contributed by atoms with Crippen LogP contribution in [-0.4, -0.2) is 28.8 Å². The molecule has 2 rings (SSSR count). The second-order valence-electron chi connectivity index (χ2n) is 6.32. The van der Waals surface area contributed by atoms with Gasteiger partial charge in [-0.15, -0.1) is 0 Å². The van der Waals surface area contributed by atoms with Crippen LogP contribution < -0.4 is 5.32 Å². The Balaban J connectivity index is 1.69. The Hall–Kier alpha value is -3.32. The van der Waals surface area contributed by atoms with E-state index in [1.807, 2.05) is 12.1 Å². The van der Waals surface area contributed by atoms with Crippen LogP contribution in [0.15, 0.2) is 41.8 Å². The molecule has 0 atom stereocenters. The molecule has 1 N–H and O–H groups in total. The Morgan fingerprint density at radius 1 is 1.18 bits per heavy atom. The zero-order chi connectivity index (χ0) is 20.2.